The lowest BCUT2D eigenvalue weighted by Gasteiger charge is -2.18. The average Bonchev–Trinajstić information content (AvgIpc) is 2.45. The Morgan fingerprint density at radius 1 is 1.26 bits per heavy atom. The van der Waals surface area contributed by atoms with Gasteiger partial charge < -0.3 is 10.4 Å². The van der Waals surface area contributed by atoms with E-state index in [2.05, 4.69) is 12.2 Å². The number of benzene rings is 1. The Labute approximate surface area is 116 Å². The van der Waals surface area contributed by atoms with Crippen molar-refractivity contribution in [3.63, 3.8) is 0 Å². The highest BCUT2D eigenvalue weighted by Gasteiger charge is 2.16. The van der Waals surface area contributed by atoms with E-state index in [1.807, 2.05) is 37.3 Å². The summed E-state index contributed by atoms with van der Waals surface area (Å²) in [4.78, 5) is 12.1. The molecule has 0 radical (unpaired) electrons. The first-order valence-electron chi connectivity index (χ1n) is 7.12. The van der Waals surface area contributed by atoms with Crippen molar-refractivity contribution >= 4 is 5.91 Å². The number of aliphatic hydroxyl groups is 1. The second-order valence-electron chi connectivity index (χ2n) is 5.04. The molecule has 0 heterocycles. The normalized spacial score (nSPS) is 13.8. The van der Waals surface area contributed by atoms with Gasteiger partial charge >= 0.3 is 0 Å². The summed E-state index contributed by atoms with van der Waals surface area (Å²) >= 11 is 0. The maximum Gasteiger partial charge on any atom is 0.227 e. The molecule has 2 N–H and O–H groups in total. The van der Waals surface area contributed by atoms with Gasteiger partial charge in [0.1, 0.15) is 0 Å². The standard InChI is InChI=1S/C16H25NO2/c1-3-7-14(10-11-18)12-17-16(19)13(2)15-8-5-4-6-9-15/h4-6,8-9,13-14,18H,3,7,10-12H2,1-2H3,(H,17,19). The Hall–Kier alpha value is -1.35. The molecule has 2 atom stereocenters. The van der Waals surface area contributed by atoms with Crippen molar-refractivity contribution in [3.8, 4) is 0 Å². The zero-order chi connectivity index (χ0) is 14.1. The Kier molecular flexibility index (Phi) is 7.19. The molecule has 3 nitrogen and oxygen atoms in total. The summed E-state index contributed by atoms with van der Waals surface area (Å²) in [5.74, 6) is 0.310. The summed E-state index contributed by atoms with van der Waals surface area (Å²) in [6, 6.07) is 9.80. The van der Waals surface area contributed by atoms with Gasteiger partial charge in [0.15, 0.2) is 0 Å². The van der Waals surface area contributed by atoms with Crippen molar-refractivity contribution in [1.82, 2.24) is 5.32 Å². The molecule has 1 amide bonds. The molecule has 1 rings (SSSR count). The number of nitrogens with one attached hydrogen (secondary N) is 1. The maximum atomic E-state index is 12.1. The van der Waals surface area contributed by atoms with Gasteiger partial charge in [-0.05, 0) is 31.2 Å². The fourth-order valence-electron chi connectivity index (χ4n) is 2.23. The molecular weight excluding hydrogens is 238 g/mol. The van der Waals surface area contributed by atoms with Crippen LogP contribution < -0.4 is 5.32 Å². The van der Waals surface area contributed by atoms with Crippen LogP contribution in [0, 0.1) is 5.92 Å². The van der Waals surface area contributed by atoms with Crippen LogP contribution in [0.4, 0.5) is 0 Å². The van der Waals surface area contributed by atoms with Crippen LogP contribution >= 0.6 is 0 Å². The van der Waals surface area contributed by atoms with E-state index in [1.165, 1.54) is 0 Å². The molecule has 2 unspecified atom stereocenters. The minimum absolute atomic E-state index is 0.0604. The van der Waals surface area contributed by atoms with E-state index >= 15 is 0 Å². The van der Waals surface area contributed by atoms with Gasteiger partial charge in [0.05, 0.1) is 5.92 Å². The van der Waals surface area contributed by atoms with Crippen LogP contribution in [-0.2, 0) is 4.79 Å². The summed E-state index contributed by atoms with van der Waals surface area (Å²) in [6.45, 7) is 4.89. The van der Waals surface area contributed by atoms with E-state index in [9.17, 15) is 4.79 Å². The fraction of sp³-hybridized carbons (Fsp3) is 0.562. The highest BCUT2D eigenvalue weighted by molar-refractivity contribution is 5.83. The summed E-state index contributed by atoms with van der Waals surface area (Å²) in [7, 11) is 0. The number of hydrogen-bond acceptors (Lipinski definition) is 2. The third-order valence-electron chi connectivity index (χ3n) is 3.49. The Bertz CT molecular complexity index is 358. The second kappa shape index (κ2) is 8.70. The first kappa shape index (κ1) is 15.7. The summed E-state index contributed by atoms with van der Waals surface area (Å²) in [5.41, 5.74) is 1.04. The van der Waals surface area contributed by atoms with Crippen LogP contribution in [-0.4, -0.2) is 24.2 Å². The van der Waals surface area contributed by atoms with Crippen LogP contribution in [0.1, 0.15) is 44.6 Å². The highest BCUT2D eigenvalue weighted by Crippen LogP contribution is 2.15. The number of carbonyl (C=O) groups is 1. The molecule has 1 aromatic carbocycles. The lowest BCUT2D eigenvalue weighted by molar-refractivity contribution is -0.122. The van der Waals surface area contributed by atoms with Crippen molar-refractivity contribution in [2.24, 2.45) is 5.92 Å². The SMILES string of the molecule is CCCC(CCO)CNC(=O)C(C)c1ccccc1. The van der Waals surface area contributed by atoms with Gasteiger partial charge in [-0.25, -0.2) is 0 Å². The number of aliphatic hydroxyl groups excluding tert-OH is 1. The smallest absolute Gasteiger partial charge is 0.227 e. The molecule has 0 saturated carbocycles. The van der Waals surface area contributed by atoms with Gasteiger partial charge in [-0.1, -0.05) is 43.7 Å². The molecular formula is C16H25NO2. The van der Waals surface area contributed by atoms with Crippen LogP contribution in [0.5, 0.6) is 0 Å². The number of rotatable bonds is 8. The minimum Gasteiger partial charge on any atom is -0.396 e. The lowest BCUT2D eigenvalue weighted by atomic mass is 9.98. The van der Waals surface area contributed by atoms with Crippen LogP contribution in [0.15, 0.2) is 30.3 Å². The van der Waals surface area contributed by atoms with Crippen molar-refractivity contribution in [2.75, 3.05) is 13.2 Å². The Balaban J connectivity index is 2.45. The van der Waals surface area contributed by atoms with Crippen molar-refractivity contribution < 1.29 is 9.90 Å². The molecule has 0 aliphatic heterocycles. The molecule has 0 saturated heterocycles. The number of amides is 1. The molecule has 0 spiro atoms. The van der Waals surface area contributed by atoms with E-state index in [0.29, 0.717) is 12.5 Å². The Morgan fingerprint density at radius 3 is 2.53 bits per heavy atom. The number of hydrogen-bond donors (Lipinski definition) is 2. The molecule has 106 valence electrons. The Morgan fingerprint density at radius 2 is 1.95 bits per heavy atom. The van der Waals surface area contributed by atoms with Crippen molar-refractivity contribution in [1.29, 1.82) is 0 Å². The second-order valence-corrected chi connectivity index (χ2v) is 5.04. The fourth-order valence-corrected chi connectivity index (χ4v) is 2.23. The molecule has 1 aromatic rings. The van der Waals surface area contributed by atoms with Crippen LogP contribution in [0.25, 0.3) is 0 Å². The number of carbonyl (C=O) groups excluding carboxylic acids is 1. The third kappa shape index (κ3) is 5.43. The zero-order valence-electron chi connectivity index (χ0n) is 11.9. The van der Waals surface area contributed by atoms with Gasteiger partial charge in [-0.3, -0.25) is 4.79 Å². The van der Waals surface area contributed by atoms with Gasteiger partial charge in [0.25, 0.3) is 0 Å². The first-order valence-corrected chi connectivity index (χ1v) is 7.12. The van der Waals surface area contributed by atoms with Crippen molar-refractivity contribution in [3.05, 3.63) is 35.9 Å². The molecule has 0 fully saturated rings. The van der Waals surface area contributed by atoms with E-state index in [1.54, 1.807) is 0 Å². The van der Waals surface area contributed by atoms with Gasteiger partial charge in [0.2, 0.25) is 5.91 Å². The van der Waals surface area contributed by atoms with Crippen LogP contribution in [0.2, 0.25) is 0 Å². The minimum atomic E-state index is -0.127. The van der Waals surface area contributed by atoms with E-state index in [0.717, 1.165) is 24.8 Å². The molecule has 19 heavy (non-hydrogen) atoms. The predicted molar refractivity (Wildman–Crippen MR) is 78.0 cm³/mol. The average molecular weight is 263 g/mol. The first-order chi connectivity index (χ1) is 9.19. The predicted octanol–water partition coefficient (Wildman–Crippen LogP) is 2.71. The van der Waals surface area contributed by atoms with Crippen molar-refractivity contribution in [2.45, 2.75) is 39.0 Å². The zero-order valence-corrected chi connectivity index (χ0v) is 11.9. The topological polar surface area (TPSA) is 49.3 Å². The monoisotopic (exact) mass is 263 g/mol. The molecule has 3 heteroatoms. The van der Waals surface area contributed by atoms with E-state index < -0.39 is 0 Å². The maximum absolute atomic E-state index is 12.1. The summed E-state index contributed by atoms with van der Waals surface area (Å²) in [5, 5.41) is 12.0. The quantitative estimate of drug-likeness (QED) is 0.757. The molecule has 0 bridgehead atoms. The van der Waals surface area contributed by atoms with E-state index in [-0.39, 0.29) is 18.4 Å². The highest BCUT2D eigenvalue weighted by atomic mass is 16.3. The van der Waals surface area contributed by atoms with Gasteiger partial charge in [-0.15, -0.1) is 0 Å². The van der Waals surface area contributed by atoms with Gasteiger partial charge in [-0.2, -0.15) is 0 Å². The molecule has 0 aromatic heterocycles. The largest absolute Gasteiger partial charge is 0.396 e. The molecule has 0 aliphatic carbocycles. The summed E-state index contributed by atoms with van der Waals surface area (Å²) in [6.07, 6.45) is 2.88. The van der Waals surface area contributed by atoms with Crippen LogP contribution in [0.3, 0.4) is 0 Å². The lowest BCUT2D eigenvalue weighted by Crippen LogP contribution is -2.32. The molecule has 0 aliphatic rings. The van der Waals surface area contributed by atoms with E-state index in [4.69, 9.17) is 5.11 Å². The van der Waals surface area contributed by atoms with Gasteiger partial charge in [0, 0.05) is 13.2 Å². The summed E-state index contributed by atoms with van der Waals surface area (Å²) < 4.78 is 0. The third-order valence-corrected chi connectivity index (χ3v) is 3.49.